The molecule has 0 bridgehead atoms. The van der Waals surface area contributed by atoms with Crippen LogP contribution in [0.5, 0.6) is 0 Å². The minimum Gasteiger partial charge on any atom is -0.310 e. The van der Waals surface area contributed by atoms with Gasteiger partial charge in [0, 0.05) is 16.1 Å². The first-order chi connectivity index (χ1) is 9.97. The molecule has 0 aliphatic rings. The molecule has 1 N–H and O–H groups in total. The van der Waals surface area contributed by atoms with Gasteiger partial charge in [0.25, 0.3) is 0 Å². The third-order valence-electron chi connectivity index (χ3n) is 3.30. The highest BCUT2D eigenvalue weighted by atomic mass is 35.5. The summed E-state index contributed by atoms with van der Waals surface area (Å²) >= 11 is 17.8. The van der Waals surface area contributed by atoms with Crippen LogP contribution in [0.25, 0.3) is 0 Å². The average molecular weight is 347 g/mol. The molecule has 0 aromatic heterocycles. The normalized spacial score (nSPS) is 12.4. The molecule has 2 aromatic carbocycles. The lowest BCUT2D eigenvalue weighted by molar-refractivity contribution is 0.573. The first kappa shape index (κ1) is 16.6. The van der Waals surface area contributed by atoms with Crippen LogP contribution >= 0.6 is 34.8 Å². The van der Waals surface area contributed by atoms with Crippen molar-refractivity contribution in [3.63, 3.8) is 0 Å². The molecule has 2 aromatic rings. The number of halogens is 4. The summed E-state index contributed by atoms with van der Waals surface area (Å²) in [4.78, 5) is 0. The van der Waals surface area contributed by atoms with Gasteiger partial charge in [0.1, 0.15) is 5.82 Å². The molecule has 21 heavy (non-hydrogen) atoms. The predicted molar refractivity (Wildman–Crippen MR) is 88.0 cm³/mol. The first-order valence-electron chi connectivity index (χ1n) is 6.59. The van der Waals surface area contributed by atoms with Crippen molar-refractivity contribution in [3.8, 4) is 0 Å². The van der Waals surface area contributed by atoms with Crippen LogP contribution in [0.1, 0.15) is 24.1 Å². The second-order valence-corrected chi connectivity index (χ2v) is 6.09. The van der Waals surface area contributed by atoms with Crippen molar-refractivity contribution in [3.05, 3.63) is 68.4 Å². The number of benzene rings is 2. The minimum atomic E-state index is -0.402. The van der Waals surface area contributed by atoms with E-state index in [0.29, 0.717) is 10.0 Å². The Morgan fingerprint density at radius 2 is 1.81 bits per heavy atom. The zero-order valence-corrected chi connectivity index (χ0v) is 13.7. The van der Waals surface area contributed by atoms with Crippen LogP contribution in [-0.2, 0) is 6.42 Å². The van der Waals surface area contributed by atoms with Gasteiger partial charge in [-0.3, -0.25) is 0 Å². The molecule has 1 atom stereocenters. The second-order valence-electron chi connectivity index (χ2n) is 4.84. The molecule has 0 fully saturated rings. The third-order valence-corrected chi connectivity index (χ3v) is 4.18. The summed E-state index contributed by atoms with van der Waals surface area (Å²) in [6.07, 6.45) is 0.787. The van der Waals surface area contributed by atoms with Crippen molar-refractivity contribution >= 4 is 34.8 Å². The molecule has 0 saturated carbocycles. The highest BCUT2D eigenvalue weighted by Crippen LogP contribution is 2.22. The highest BCUT2D eigenvalue weighted by molar-refractivity contribution is 6.35. The third kappa shape index (κ3) is 4.58. The Morgan fingerprint density at radius 3 is 2.48 bits per heavy atom. The number of nitrogens with one attached hydrogen (secondary N) is 1. The molecule has 0 aliphatic carbocycles. The average Bonchev–Trinajstić information content (AvgIpc) is 2.44. The van der Waals surface area contributed by atoms with Crippen LogP contribution < -0.4 is 5.32 Å². The van der Waals surface area contributed by atoms with Gasteiger partial charge in [-0.1, -0.05) is 46.9 Å². The summed E-state index contributed by atoms with van der Waals surface area (Å²) in [5.74, 6) is -0.402. The van der Waals surface area contributed by atoms with E-state index >= 15 is 0 Å². The Labute approximate surface area is 139 Å². The summed E-state index contributed by atoms with van der Waals surface area (Å²) in [7, 11) is 0. The van der Waals surface area contributed by atoms with Gasteiger partial charge in [-0.25, -0.2) is 4.39 Å². The number of rotatable bonds is 5. The molecule has 0 heterocycles. The van der Waals surface area contributed by atoms with E-state index in [1.54, 1.807) is 18.2 Å². The van der Waals surface area contributed by atoms with Gasteiger partial charge in [0.2, 0.25) is 0 Å². The maximum absolute atomic E-state index is 13.1. The quantitative estimate of drug-likeness (QED) is 0.734. The van der Waals surface area contributed by atoms with Gasteiger partial charge in [-0.05, 0) is 55.3 Å². The van der Waals surface area contributed by atoms with Crippen LogP contribution in [0.15, 0.2) is 36.4 Å². The molecule has 2 rings (SSSR count). The van der Waals surface area contributed by atoms with Crippen molar-refractivity contribution in [2.45, 2.75) is 19.4 Å². The standard InChI is InChI=1S/C16H15Cl3FN/c1-10(12-3-5-16(20)15(19)8-12)21-7-6-11-2-4-13(17)9-14(11)18/h2-5,8-10,21H,6-7H2,1H3. The van der Waals surface area contributed by atoms with Crippen LogP contribution in [0.2, 0.25) is 15.1 Å². The molecule has 0 saturated heterocycles. The van der Waals surface area contributed by atoms with E-state index in [-0.39, 0.29) is 11.1 Å². The summed E-state index contributed by atoms with van der Waals surface area (Å²) in [6, 6.07) is 10.3. The van der Waals surface area contributed by atoms with Crippen molar-refractivity contribution < 1.29 is 4.39 Å². The van der Waals surface area contributed by atoms with E-state index < -0.39 is 5.82 Å². The van der Waals surface area contributed by atoms with E-state index in [0.717, 1.165) is 24.1 Å². The van der Waals surface area contributed by atoms with E-state index in [4.69, 9.17) is 34.8 Å². The van der Waals surface area contributed by atoms with Crippen molar-refractivity contribution in [1.82, 2.24) is 5.32 Å². The molecule has 112 valence electrons. The lowest BCUT2D eigenvalue weighted by atomic mass is 10.1. The van der Waals surface area contributed by atoms with Gasteiger partial charge in [-0.2, -0.15) is 0 Å². The molecular weight excluding hydrogens is 332 g/mol. The molecule has 0 aliphatic heterocycles. The van der Waals surface area contributed by atoms with Gasteiger partial charge in [-0.15, -0.1) is 0 Å². The Kier molecular flexibility index (Phi) is 5.88. The molecule has 0 spiro atoms. The SMILES string of the molecule is CC(NCCc1ccc(Cl)cc1Cl)c1ccc(F)c(Cl)c1. The van der Waals surface area contributed by atoms with Gasteiger partial charge in [0.05, 0.1) is 5.02 Å². The van der Waals surface area contributed by atoms with Gasteiger partial charge >= 0.3 is 0 Å². The Bertz CT molecular complexity index is 631. The Balaban J connectivity index is 1.92. The largest absolute Gasteiger partial charge is 0.310 e. The molecular formula is C16H15Cl3FN. The zero-order valence-electron chi connectivity index (χ0n) is 11.5. The highest BCUT2D eigenvalue weighted by Gasteiger charge is 2.08. The minimum absolute atomic E-state index is 0.0779. The van der Waals surface area contributed by atoms with Crippen molar-refractivity contribution in [2.24, 2.45) is 0 Å². The molecule has 0 amide bonds. The van der Waals surface area contributed by atoms with Crippen LogP contribution in [0.4, 0.5) is 4.39 Å². The fraction of sp³-hybridized carbons (Fsp3) is 0.250. The Morgan fingerprint density at radius 1 is 1.05 bits per heavy atom. The van der Waals surface area contributed by atoms with Crippen LogP contribution in [-0.4, -0.2) is 6.54 Å². The van der Waals surface area contributed by atoms with E-state index in [9.17, 15) is 4.39 Å². The fourth-order valence-electron chi connectivity index (χ4n) is 2.05. The van der Waals surface area contributed by atoms with E-state index in [2.05, 4.69) is 5.32 Å². The first-order valence-corrected chi connectivity index (χ1v) is 7.73. The smallest absolute Gasteiger partial charge is 0.141 e. The van der Waals surface area contributed by atoms with E-state index in [1.165, 1.54) is 6.07 Å². The maximum Gasteiger partial charge on any atom is 0.141 e. The van der Waals surface area contributed by atoms with Crippen molar-refractivity contribution in [2.75, 3.05) is 6.54 Å². The number of hydrogen-bond acceptors (Lipinski definition) is 1. The molecule has 1 nitrogen and oxygen atoms in total. The zero-order chi connectivity index (χ0) is 15.4. The lowest BCUT2D eigenvalue weighted by Gasteiger charge is -2.15. The molecule has 0 radical (unpaired) electrons. The van der Waals surface area contributed by atoms with Gasteiger partial charge in [0.15, 0.2) is 0 Å². The summed E-state index contributed by atoms with van der Waals surface area (Å²) < 4.78 is 13.1. The summed E-state index contributed by atoms with van der Waals surface area (Å²) in [6.45, 7) is 2.75. The summed E-state index contributed by atoms with van der Waals surface area (Å²) in [5, 5.41) is 4.80. The lowest BCUT2D eigenvalue weighted by Crippen LogP contribution is -2.21. The topological polar surface area (TPSA) is 12.0 Å². The Hall–Kier alpha value is -0.800. The van der Waals surface area contributed by atoms with Crippen molar-refractivity contribution in [1.29, 1.82) is 0 Å². The fourth-order valence-corrected chi connectivity index (χ4v) is 2.74. The van der Waals surface area contributed by atoms with Gasteiger partial charge < -0.3 is 5.32 Å². The predicted octanol–water partition coefficient (Wildman–Crippen LogP) is 5.68. The van der Waals surface area contributed by atoms with Crippen LogP contribution in [0, 0.1) is 5.82 Å². The van der Waals surface area contributed by atoms with E-state index in [1.807, 2.05) is 19.1 Å². The molecule has 1 unspecified atom stereocenters. The number of hydrogen-bond donors (Lipinski definition) is 1. The van der Waals surface area contributed by atoms with Crippen LogP contribution in [0.3, 0.4) is 0 Å². The maximum atomic E-state index is 13.1. The molecule has 5 heteroatoms. The monoisotopic (exact) mass is 345 g/mol. The summed E-state index contributed by atoms with van der Waals surface area (Å²) in [5.41, 5.74) is 1.99. The second kappa shape index (κ2) is 7.46.